The van der Waals surface area contributed by atoms with Crippen LogP contribution in [0.25, 0.3) is 0 Å². The molecule has 0 heterocycles. The summed E-state index contributed by atoms with van der Waals surface area (Å²) in [5.41, 5.74) is 4.43. The lowest BCUT2D eigenvalue weighted by Gasteiger charge is -2.17. The zero-order valence-electron chi connectivity index (χ0n) is 15.0. The SMILES string of the molecule is COc1ccc([C@@H](C)NC(=O)Cc2ccc(C)c(C)c2)cc1OC. The highest BCUT2D eigenvalue weighted by molar-refractivity contribution is 5.79. The second-order valence-corrected chi connectivity index (χ2v) is 6.00. The Bertz CT molecular complexity index is 725. The summed E-state index contributed by atoms with van der Waals surface area (Å²) in [6.45, 7) is 6.08. The molecule has 0 unspecified atom stereocenters. The van der Waals surface area contributed by atoms with Gasteiger partial charge in [0.15, 0.2) is 11.5 Å². The van der Waals surface area contributed by atoms with Gasteiger partial charge in [0.05, 0.1) is 26.7 Å². The van der Waals surface area contributed by atoms with Gasteiger partial charge in [-0.15, -0.1) is 0 Å². The fourth-order valence-electron chi connectivity index (χ4n) is 2.60. The van der Waals surface area contributed by atoms with Gasteiger partial charge >= 0.3 is 0 Å². The first kappa shape index (κ1) is 17.9. The third kappa shape index (κ3) is 4.28. The number of benzene rings is 2. The number of hydrogen-bond donors (Lipinski definition) is 1. The van der Waals surface area contributed by atoms with Crippen molar-refractivity contribution in [2.75, 3.05) is 14.2 Å². The standard InChI is InChI=1S/C20H25NO3/c1-13-6-7-16(10-14(13)2)11-20(22)21-15(3)17-8-9-18(23-4)19(12-17)24-5/h6-10,12,15H,11H2,1-5H3,(H,21,22)/t15-/m1/s1. The Morgan fingerprint density at radius 2 is 1.71 bits per heavy atom. The van der Waals surface area contributed by atoms with Crippen LogP contribution in [0.1, 0.15) is 35.2 Å². The Morgan fingerprint density at radius 3 is 2.33 bits per heavy atom. The first-order valence-electron chi connectivity index (χ1n) is 8.02. The summed E-state index contributed by atoms with van der Waals surface area (Å²) in [5.74, 6) is 1.33. The van der Waals surface area contributed by atoms with Crippen molar-refractivity contribution in [3.8, 4) is 11.5 Å². The zero-order chi connectivity index (χ0) is 17.7. The average Bonchev–Trinajstić information content (AvgIpc) is 2.57. The third-order valence-corrected chi connectivity index (χ3v) is 4.22. The molecule has 0 aromatic heterocycles. The van der Waals surface area contributed by atoms with E-state index in [4.69, 9.17) is 9.47 Å². The maximum atomic E-state index is 12.3. The fourth-order valence-corrected chi connectivity index (χ4v) is 2.60. The summed E-state index contributed by atoms with van der Waals surface area (Å²) in [5, 5.41) is 3.03. The van der Waals surface area contributed by atoms with E-state index in [1.54, 1.807) is 14.2 Å². The number of rotatable bonds is 6. The van der Waals surface area contributed by atoms with Crippen LogP contribution >= 0.6 is 0 Å². The van der Waals surface area contributed by atoms with Crippen molar-refractivity contribution < 1.29 is 14.3 Å². The number of amides is 1. The second kappa shape index (κ2) is 7.86. The highest BCUT2D eigenvalue weighted by Gasteiger charge is 2.13. The summed E-state index contributed by atoms with van der Waals surface area (Å²) in [6.07, 6.45) is 0.374. The summed E-state index contributed by atoms with van der Waals surface area (Å²) < 4.78 is 10.6. The number of methoxy groups -OCH3 is 2. The Morgan fingerprint density at radius 1 is 1.00 bits per heavy atom. The van der Waals surface area contributed by atoms with E-state index in [1.165, 1.54) is 11.1 Å². The summed E-state index contributed by atoms with van der Waals surface area (Å²) >= 11 is 0. The molecule has 0 fully saturated rings. The lowest BCUT2D eigenvalue weighted by atomic mass is 10.0. The molecule has 0 bridgehead atoms. The molecule has 1 atom stereocenters. The molecule has 0 radical (unpaired) electrons. The molecule has 1 N–H and O–H groups in total. The van der Waals surface area contributed by atoms with Gasteiger partial charge in [-0.3, -0.25) is 4.79 Å². The van der Waals surface area contributed by atoms with Crippen LogP contribution in [0.3, 0.4) is 0 Å². The van der Waals surface area contributed by atoms with E-state index in [0.717, 1.165) is 11.1 Å². The molecule has 0 saturated carbocycles. The van der Waals surface area contributed by atoms with Gasteiger partial charge in [0.1, 0.15) is 0 Å². The molecule has 0 aliphatic rings. The van der Waals surface area contributed by atoms with Crippen molar-refractivity contribution in [2.45, 2.75) is 33.2 Å². The van der Waals surface area contributed by atoms with Crippen LogP contribution < -0.4 is 14.8 Å². The third-order valence-electron chi connectivity index (χ3n) is 4.22. The van der Waals surface area contributed by atoms with Gasteiger partial charge in [-0.1, -0.05) is 24.3 Å². The number of carbonyl (C=O) groups excluding carboxylic acids is 1. The average molecular weight is 327 g/mol. The molecule has 24 heavy (non-hydrogen) atoms. The minimum absolute atomic E-state index is 0.000498. The van der Waals surface area contributed by atoms with Crippen LogP contribution in [0, 0.1) is 13.8 Å². The maximum Gasteiger partial charge on any atom is 0.224 e. The van der Waals surface area contributed by atoms with E-state index in [9.17, 15) is 4.79 Å². The molecule has 2 rings (SSSR count). The Hall–Kier alpha value is -2.49. The molecule has 4 nitrogen and oxygen atoms in total. The first-order valence-corrected chi connectivity index (χ1v) is 8.02. The molecule has 4 heteroatoms. The molecule has 128 valence electrons. The molecule has 0 spiro atoms. The van der Waals surface area contributed by atoms with Gasteiger partial charge in [0.25, 0.3) is 0 Å². The molecule has 2 aromatic carbocycles. The predicted octanol–water partition coefficient (Wildman–Crippen LogP) is 3.74. The van der Waals surface area contributed by atoms with E-state index in [0.29, 0.717) is 17.9 Å². The number of carbonyl (C=O) groups is 1. The molecule has 0 aliphatic heterocycles. The highest BCUT2D eigenvalue weighted by Crippen LogP contribution is 2.29. The number of ether oxygens (including phenoxy) is 2. The van der Waals surface area contributed by atoms with Crippen molar-refractivity contribution in [3.63, 3.8) is 0 Å². The largest absolute Gasteiger partial charge is 0.493 e. The van der Waals surface area contributed by atoms with Crippen LogP contribution in [0.2, 0.25) is 0 Å². The molecular formula is C20H25NO3. The normalized spacial score (nSPS) is 11.7. The van der Waals surface area contributed by atoms with Crippen molar-refractivity contribution in [1.29, 1.82) is 0 Å². The maximum absolute atomic E-state index is 12.3. The van der Waals surface area contributed by atoms with E-state index in [2.05, 4.69) is 31.3 Å². The fraction of sp³-hybridized carbons (Fsp3) is 0.350. The van der Waals surface area contributed by atoms with E-state index < -0.39 is 0 Å². The summed E-state index contributed by atoms with van der Waals surface area (Å²) in [6, 6.07) is 11.7. The molecule has 2 aromatic rings. The van der Waals surface area contributed by atoms with Crippen LogP contribution in [0.5, 0.6) is 11.5 Å². The van der Waals surface area contributed by atoms with Gasteiger partial charge in [-0.25, -0.2) is 0 Å². The van der Waals surface area contributed by atoms with Gasteiger partial charge in [0.2, 0.25) is 5.91 Å². The Labute approximate surface area is 143 Å². The lowest BCUT2D eigenvalue weighted by molar-refractivity contribution is -0.121. The molecular weight excluding hydrogens is 302 g/mol. The minimum Gasteiger partial charge on any atom is -0.493 e. The van der Waals surface area contributed by atoms with E-state index in [-0.39, 0.29) is 11.9 Å². The smallest absolute Gasteiger partial charge is 0.224 e. The van der Waals surface area contributed by atoms with E-state index in [1.807, 2.05) is 31.2 Å². The van der Waals surface area contributed by atoms with Crippen molar-refractivity contribution in [2.24, 2.45) is 0 Å². The van der Waals surface area contributed by atoms with Crippen LogP contribution in [0.4, 0.5) is 0 Å². The quantitative estimate of drug-likeness (QED) is 0.879. The second-order valence-electron chi connectivity index (χ2n) is 6.00. The molecule has 0 aliphatic carbocycles. The van der Waals surface area contributed by atoms with Crippen LogP contribution in [0.15, 0.2) is 36.4 Å². The molecule has 0 saturated heterocycles. The highest BCUT2D eigenvalue weighted by atomic mass is 16.5. The number of hydrogen-bond acceptors (Lipinski definition) is 3. The summed E-state index contributed by atoms with van der Waals surface area (Å²) in [4.78, 5) is 12.3. The predicted molar refractivity (Wildman–Crippen MR) is 95.7 cm³/mol. The van der Waals surface area contributed by atoms with Crippen LogP contribution in [-0.4, -0.2) is 20.1 Å². The summed E-state index contributed by atoms with van der Waals surface area (Å²) in [7, 11) is 3.21. The topological polar surface area (TPSA) is 47.6 Å². The lowest BCUT2D eigenvalue weighted by Crippen LogP contribution is -2.28. The van der Waals surface area contributed by atoms with Crippen molar-refractivity contribution >= 4 is 5.91 Å². The van der Waals surface area contributed by atoms with Gasteiger partial charge in [-0.2, -0.15) is 0 Å². The monoisotopic (exact) mass is 327 g/mol. The number of nitrogens with one attached hydrogen (secondary N) is 1. The van der Waals surface area contributed by atoms with Crippen molar-refractivity contribution in [1.82, 2.24) is 5.32 Å². The Kier molecular flexibility index (Phi) is 5.85. The van der Waals surface area contributed by atoms with Crippen molar-refractivity contribution in [3.05, 3.63) is 58.7 Å². The number of aryl methyl sites for hydroxylation is 2. The van der Waals surface area contributed by atoms with E-state index >= 15 is 0 Å². The van der Waals surface area contributed by atoms with Gasteiger partial charge < -0.3 is 14.8 Å². The van der Waals surface area contributed by atoms with Gasteiger partial charge in [0, 0.05) is 0 Å². The van der Waals surface area contributed by atoms with Gasteiger partial charge in [-0.05, 0) is 55.2 Å². The van der Waals surface area contributed by atoms with Crippen LogP contribution in [-0.2, 0) is 11.2 Å². The molecule has 1 amide bonds. The minimum atomic E-state index is -0.108. The Balaban J connectivity index is 2.04. The first-order chi connectivity index (χ1) is 11.4. The zero-order valence-corrected chi connectivity index (χ0v) is 15.0.